The molecular formula is C13H18N4O3S. The summed E-state index contributed by atoms with van der Waals surface area (Å²) in [6, 6.07) is -0.201. The molecule has 8 heteroatoms. The summed E-state index contributed by atoms with van der Waals surface area (Å²) in [5, 5.41) is 17.9. The number of hydrogen-bond donors (Lipinski definition) is 1. The minimum Gasteiger partial charge on any atom is -0.480 e. The Morgan fingerprint density at radius 2 is 2.14 bits per heavy atom. The molecule has 1 aromatic rings. The number of rotatable bonds is 5. The Morgan fingerprint density at radius 3 is 2.86 bits per heavy atom. The number of carboxylic acid groups (broad SMARTS) is 1. The summed E-state index contributed by atoms with van der Waals surface area (Å²) in [7, 11) is 0. The van der Waals surface area contributed by atoms with Crippen molar-refractivity contribution < 1.29 is 14.7 Å². The van der Waals surface area contributed by atoms with Gasteiger partial charge in [0.1, 0.15) is 12.4 Å². The first-order valence-corrected chi connectivity index (χ1v) is 8.20. The Balaban J connectivity index is 1.60. The lowest BCUT2D eigenvalue weighted by atomic mass is 10.0. The Morgan fingerprint density at radius 1 is 1.33 bits per heavy atom. The molecule has 0 unspecified atom stereocenters. The second-order valence-electron chi connectivity index (χ2n) is 5.48. The number of carbonyl (C=O) groups is 2. The number of aromatic nitrogens is 3. The molecule has 1 aromatic heterocycles. The van der Waals surface area contributed by atoms with Crippen LogP contribution in [0.3, 0.4) is 0 Å². The monoisotopic (exact) mass is 310 g/mol. The van der Waals surface area contributed by atoms with Gasteiger partial charge in [-0.05, 0) is 32.1 Å². The molecule has 1 aliphatic carbocycles. The van der Waals surface area contributed by atoms with E-state index in [0.29, 0.717) is 19.0 Å². The van der Waals surface area contributed by atoms with Gasteiger partial charge in [0, 0.05) is 12.6 Å². The molecule has 0 spiro atoms. The van der Waals surface area contributed by atoms with E-state index in [1.807, 2.05) is 4.57 Å². The van der Waals surface area contributed by atoms with Crippen molar-refractivity contribution in [3.05, 3.63) is 6.33 Å². The number of amides is 1. The predicted octanol–water partition coefficient (Wildman–Crippen LogP) is 1.17. The highest BCUT2D eigenvalue weighted by Gasteiger charge is 2.32. The molecule has 3 rings (SSSR count). The summed E-state index contributed by atoms with van der Waals surface area (Å²) < 4.78 is 2.00. The van der Waals surface area contributed by atoms with Gasteiger partial charge in [-0.2, -0.15) is 0 Å². The van der Waals surface area contributed by atoms with E-state index in [1.165, 1.54) is 16.7 Å². The summed E-state index contributed by atoms with van der Waals surface area (Å²) in [5.41, 5.74) is 0. The number of hydrogen-bond acceptors (Lipinski definition) is 5. The first-order chi connectivity index (χ1) is 10.2. The largest absolute Gasteiger partial charge is 0.480 e. The third-order valence-corrected chi connectivity index (χ3v) is 4.86. The van der Waals surface area contributed by atoms with E-state index < -0.39 is 12.0 Å². The van der Waals surface area contributed by atoms with Gasteiger partial charge in [-0.15, -0.1) is 10.2 Å². The van der Waals surface area contributed by atoms with E-state index in [4.69, 9.17) is 0 Å². The minimum absolute atomic E-state index is 0.127. The van der Waals surface area contributed by atoms with E-state index in [0.717, 1.165) is 30.8 Å². The zero-order valence-corrected chi connectivity index (χ0v) is 12.5. The highest BCUT2D eigenvalue weighted by Crippen LogP contribution is 2.37. The average molecular weight is 310 g/mol. The molecule has 1 saturated carbocycles. The maximum absolute atomic E-state index is 12.3. The lowest BCUT2D eigenvalue weighted by Gasteiger charge is -2.32. The second-order valence-corrected chi connectivity index (χ2v) is 6.42. The number of likely N-dealkylation sites (tertiary alicyclic amines) is 1. The van der Waals surface area contributed by atoms with Gasteiger partial charge in [-0.25, -0.2) is 4.79 Å². The van der Waals surface area contributed by atoms with Gasteiger partial charge in [0.05, 0.1) is 5.75 Å². The molecule has 1 saturated heterocycles. The molecule has 1 amide bonds. The van der Waals surface area contributed by atoms with Gasteiger partial charge in [0.2, 0.25) is 5.91 Å². The van der Waals surface area contributed by atoms with Crippen LogP contribution in [-0.4, -0.2) is 55.0 Å². The second kappa shape index (κ2) is 6.05. The molecule has 114 valence electrons. The first-order valence-electron chi connectivity index (χ1n) is 7.21. The van der Waals surface area contributed by atoms with Crippen molar-refractivity contribution in [2.75, 3.05) is 12.3 Å². The van der Waals surface area contributed by atoms with Gasteiger partial charge in [0.15, 0.2) is 5.16 Å². The number of thioether (sulfide) groups is 1. The zero-order chi connectivity index (χ0) is 14.8. The smallest absolute Gasteiger partial charge is 0.326 e. The van der Waals surface area contributed by atoms with Crippen LogP contribution in [0.4, 0.5) is 0 Å². The van der Waals surface area contributed by atoms with Crippen LogP contribution >= 0.6 is 11.8 Å². The summed E-state index contributed by atoms with van der Waals surface area (Å²) >= 11 is 1.34. The van der Waals surface area contributed by atoms with Crippen LogP contribution in [0, 0.1) is 0 Å². The van der Waals surface area contributed by atoms with Crippen LogP contribution in [0.25, 0.3) is 0 Å². The fourth-order valence-electron chi connectivity index (χ4n) is 2.63. The fraction of sp³-hybridized carbons (Fsp3) is 0.692. The fourth-order valence-corrected chi connectivity index (χ4v) is 3.50. The van der Waals surface area contributed by atoms with E-state index in [-0.39, 0.29) is 11.7 Å². The molecule has 21 heavy (non-hydrogen) atoms. The minimum atomic E-state index is -0.908. The summed E-state index contributed by atoms with van der Waals surface area (Å²) in [5.74, 6) is -0.818. The lowest BCUT2D eigenvalue weighted by Crippen LogP contribution is -2.48. The first kappa shape index (κ1) is 14.4. The average Bonchev–Trinajstić information content (AvgIpc) is 3.23. The third kappa shape index (κ3) is 3.20. The molecule has 1 N–H and O–H groups in total. The molecule has 7 nitrogen and oxygen atoms in total. The molecule has 0 bridgehead atoms. The van der Waals surface area contributed by atoms with Crippen LogP contribution < -0.4 is 0 Å². The maximum atomic E-state index is 12.3. The maximum Gasteiger partial charge on any atom is 0.326 e. The van der Waals surface area contributed by atoms with Crippen molar-refractivity contribution in [1.82, 2.24) is 19.7 Å². The lowest BCUT2D eigenvalue weighted by molar-refractivity contribution is -0.150. The Hall–Kier alpha value is -1.57. The normalized spacial score (nSPS) is 22.3. The summed E-state index contributed by atoms with van der Waals surface area (Å²) in [6.45, 7) is 0.533. The standard InChI is InChI=1S/C13H18N4O3S/c18-11(16-6-2-1-3-10(16)12(19)20)7-21-13-15-14-8-17(13)9-4-5-9/h8-10H,1-7H2,(H,19,20)/t10-/m1/s1. The van der Waals surface area contributed by atoms with Crippen molar-refractivity contribution in [2.24, 2.45) is 0 Å². The Labute approximate surface area is 126 Å². The molecule has 0 radical (unpaired) electrons. The molecule has 2 fully saturated rings. The van der Waals surface area contributed by atoms with Gasteiger partial charge in [-0.1, -0.05) is 11.8 Å². The van der Waals surface area contributed by atoms with E-state index in [9.17, 15) is 14.7 Å². The topological polar surface area (TPSA) is 88.3 Å². The SMILES string of the molecule is O=C(O)[C@H]1CCCCN1C(=O)CSc1nncn1C1CC1. The molecule has 1 aliphatic heterocycles. The summed E-state index contributed by atoms with van der Waals surface area (Å²) in [6.07, 6.45) is 6.25. The Bertz CT molecular complexity index is 543. The van der Waals surface area contributed by atoms with Crippen LogP contribution in [-0.2, 0) is 9.59 Å². The molecular weight excluding hydrogens is 292 g/mol. The van der Waals surface area contributed by atoms with Crippen molar-refractivity contribution in [1.29, 1.82) is 0 Å². The summed E-state index contributed by atoms with van der Waals surface area (Å²) in [4.78, 5) is 25.0. The van der Waals surface area contributed by atoms with Gasteiger partial charge in [0.25, 0.3) is 0 Å². The van der Waals surface area contributed by atoms with E-state index in [1.54, 1.807) is 6.33 Å². The quantitative estimate of drug-likeness (QED) is 0.821. The molecule has 2 aliphatic rings. The molecule has 1 atom stereocenters. The van der Waals surface area contributed by atoms with E-state index >= 15 is 0 Å². The van der Waals surface area contributed by atoms with Gasteiger partial charge in [-0.3, -0.25) is 4.79 Å². The van der Waals surface area contributed by atoms with Crippen LogP contribution in [0.1, 0.15) is 38.1 Å². The number of nitrogens with zero attached hydrogens (tertiary/aromatic N) is 4. The Kier molecular flexibility index (Phi) is 4.14. The van der Waals surface area contributed by atoms with Crippen LogP contribution in [0.5, 0.6) is 0 Å². The van der Waals surface area contributed by atoms with Crippen LogP contribution in [0.15, 0.2) is 11.5 Å². The highest BCUT2D eigenvalue weighted by molar-refractivity contribution is 7.99. The van der Waals surface area contributed by atoms with E-state index in [2.05, 4.69) is 10.2 Å². The van der Waals surface area contributed by atoms with Gasteiger partial charge < -0.3 is 14.6 Å². The highest BCUT2D eigenvalue weighted by atomic mass is 32.2. The van der Waals surface area contributed by atoms with Crippen molar-refractivity contribution in [3.63, 3.8) is 0 Å². The molecule has 2 heterocycles. The van der Waals surface area contributed by atoms with Crippen LogP contribution in [0.2, 0.25) is 0 Å². The zero-order valence-electron chi connectivity index (χ0n) is 11.6. The third-order valence-electron chi connectivity index (χ3n) is 3.91. The predicted molar refractivity (Wildman–Crippen MR) is 76.0 cm³/mol. The number of carboxylic acids is 1. The molecule has 0 aromatic carbocycles. The van der Waals surface area contributed by atoms with Gasteiger partial charge >= 0.3 is 5.97 Å². The number of aliphatic carboxylic acids is 1. The number of carbonyl (C=O) groups excluding carboxylic acids is 1. The van der Waals surface area contributed by atoms with Crippen molar-refractivity contribution >= 4 is 23.6 Å². The van der Waals surface area contributed by atoms with Crippen molar-refractivity contribution in [2.45, 2.75) is 49.3 Å². The number of piperidine rings is 1. The van der Waals surface area contributed by atoms with Crippen molar-refractivity contribution in [3.8, 4) is 0 Å².